The Morgan fingerprint density at radius 3 is 2.75 bits per heavy atom. The van der Waals surface area contributed by atoms with Crippen molar-refractivity contribution in [2.75, 3.05) is 24.5 Å². The van der Waals surface area contributed by atoms with Crippen molar-refractivity contribution in [2.45, 2.75) is 57.9 Å². The summed E-state index contributed by atoms with van der Waals surface area (Å²) in [5.41, 5.74) is 0. The monoisotopic (exact) mass is 277 g/mol. The molecule has 0 amide bonds. The molecule has 0 aromatic carbocycles. The van der Waals surface area contributed by atoms with E-state index in [1.807, 2.05) is 0 Å². The van der Waals surface area contributed by atoms with Crippen LogP contribution in [0, 0.1) is 5.92 Å². The van der Waals surface area contributed by atoms with Crippen molar-refractivity contribution in [1.29, 1.82) is 0 Å². The van der Waals surface area contributed by atoms with Gasteiger partial charge in [-0.05, 0) is 44.6 Å². The molecule has 2 aliphatic rings. The number of piperidine rings is 1. The van der Waals surface area contributed by atoms with Crippen LogP contribution in [-0.4, -0.2) is 40.9 Å². The van der Waals surface area contributed by atoms with Crippen molar-refractivity contribution >= 4 is 5.95 Å². The summed E-state index contributed by atoms with van der Waals surface area (Å²) in [5, 5.41) is 11.2. The summed E-state index contributed by atoms with van der Waals surface area (Å²) in [6.45, 7) is 7.79. The van der Waals surface area contributed by atoms with Gasteiger partial charge in [-0.2, -0.15) is 4.98 Å². The van der Waals surface area contributed by atoms with E-state index in [2.05, 4.69) is 39.2 Å². The predicted octanol–water partition coefficient (Wildman–Crippen LogP) is 2.29. The zero-order chi connectivity index (χ0) is 13.9. The van der Waals surface area contributed by atoms with Crippen molar-refractivity contribution in [3.8, 4) is 0 Å². The maximum absolute atomic E-state index is 4.67. The fourth-order valence-corrected chi connectivity index (χ4v) is 3.44. The summed E-state index contributed by atoms with van der Waals surface area (Å²) >= 11 is 0. The average molecular weight is 277 g/mol. The number of nitrogens with zero attached hydrogens (tertiary/aromatic N) is 3. The van der Waals surface area contributed by atoms with Gasteiger partial charge in [-0.3, -0.25) is 5.10 Å². The number of rotatable bonds is 4. The summed E-state index contributed by atoms with van der Waals surface area (Å²) in [7, 11) is 0. The first-order valence-corrected chi connectivity index (χ1v) is 8.18. The van der Waals surface area contributed by atoms with Gasteiger partial charge in [0.15, 0.2) is 0 Å². The van der Waals surface area contributed by atoms with Gasteiger partial charge in [0, 0.05) is 25.0 Å². The summed E-state index contributed by atoms with van der Waals surface area (Å²) in [4.78, 5) is 7.01. The number of aromatic amines is 1. The number of hydrogen-bond acceptors (Lipinski definition) is 4. The van der Waals surface area contributed by atoms with Crippen molar-refractivity contribution in [3.05, 3.63) is 5.82 Å². The van der Waals surface area contributed by atoms with E-state index >= 15 is 0 Å². The number of hydrogen-bond donors (Lipinski definition) is 2. The number of anilines is 1. The van der Waals surface area contributed by atoms with Crippen molar-refractivity contribution in [2.24, 2.45) is 5.92 Å². The van der Waals surface area contributed by atoms with Crippen molar-refractivity contribution in [3.63, 3.8) is 0 Å². The Labute approximate surface area is 121 Å². The van der Waals surface area contributed by atoms with E-state index in [0.717, 1.165) is 43.2 Å². The van der Waals surface area contributed by atoms with Crippen LogP contribution in [0.4, 0.5) is 5.95 Å². The molecule has 3 rings (SSSR count). The van der Waals surface area contributed by atoms with Gasteiger partial charge in [0.1, 0.15) is 5.82 Å². The Balaban J connectivity index is 1.56. The second-order valence-electron chi connectivity index (χ2n) is 6.36. The Kier molecular flexibility index (Phi) is 4.24. The van der Waals surface area contributed by atoms with Crippen molar-refractivity contribution < 1.29 is 0 Å². The first kappa shape index (κ1) is 13.9. The molecule has 112 valence electrons. The van der Waals surface area contributed by atoms with Crippen LogP contribution in [0.3, 0.4) is 0 Å². The van der Waals surface area contributed by atoms with E-state index in [1.165, 1.54) is 32.2 Å². The predicted molar refractivity (Wildman–Crippen MR) is 81.1 cm³/mol. The third-order valence-electron chi connectivity index (χ3n) is 5.06. The van der Waals surface area contributed by atoms with Gasteiger partial charge in [-0.25, -0.2) is 0 Å². The summed E-state index contributed by atoms with van der Waals surface area (Å²) in [6, 6.07) is 0.764. The lowest BCUT2D eigenvalue weighted by Crippen LogP contribution is -2.41. The zero-order valence-electron chi connectivity index (χ0n) is 12.7. The first-order chi connectivity index (χ1) is 9.78. The molecule has 0 radical (unpaired) electrons. The lowest BCUT2D eigenvalue weighted by molar-refractivity contribution is 0.317. The zero-order valence-corrected chi connectivity index (χ0v) is 12.7. The van der Waals surface area contributed by atoms with Gasteiger partial charge in [0.05, 0.1) is 0 Å². The molecule has 2 unspecified atom stereocenters. The number of aromatic nitrogens is 3. The van der Waals surface area contributed by atoms with Gasteiger partial charge < -0.3 is 10.2 Å². The molecule has 1 aromatic rings. The summed E-state index contributed by atoms with van der Waals surface area (Å²) < 4.78 is 0. The minimum atomic E-state index is 0.469. The maximum atomic E-state index is 4.67. The van der Waals surface area contributed by atoms with E-state index in [0.29, 0.717) is 5.92 Å². The molecular formula is C15H27N5. The maximum Gasteiger partial charge on any atom is 0.244 e. The van der Waals surface area contributed by atoms with Gasteiger partial charge in [-0.1, -0.05) is 13.8 Å². The second kappa shape index (κ2) is 6.12. The van der Waals surface area contributed by atoms with Crippen LogP contribution in [-0.2, 0) is 0 Å². The van der Waals surface area contributed by atoms with Crippen molar-refractivity contribution in [1.82, 2.24) is 20.5 Å². The van der Waals surface area contributed by atoms with E-state index in [9.17, 15) is 0 Å². The topological polar surface area (TPSA) is 56.8 Å². The van der Waals surface area contributed by atoms with Gasteiger partial charge >= 0.3 is 0 Å². The minimum absolute atomic E-state index is 0.469. The normalized spacial score (nSPS) is 26.1. The SMILES string of the molecule is CCC(C)c1nc(N2CCC(C3CCCN3)CC2)n[nH]1. The highest BCUT2D eigenvalue weighted by atomic mass is 15.4. The lowest BCUT2D eigenvalue weighted by Gasteiger charge is -2.34. The van der Waals surface area contributed by atoms with Gasteiger partial charge in [0.25, 0.3) is 0 Å². The molecule has 20 heavy (non-hydrogen) atoms. The average Bonchev–Trinajstić information content (AvgIpc) is 3.18. The third kappa shape index (κ3) is 2.82. The van der Waals surface area contributed by atoms with Crippen LogP contribution in [0.15, 0.2) is 0 Å². The Bertz CT molecular complexity index is 416. The van der Waals surface area contributed by atoms with E-state index in [1.54, 1.807) is 0 Å². The molecule has 0 saturated carbocycles. The molecule has 0 bridgehead atoms. The molecular weight excluding hydrogens is 250 g/mol. The van der Waals surface area contributed by atoms with E-state index in [-0.39, 0.29) is 0 Å². The van der Waals surface area contributed by atoms with Crippen LogP contribution in [0.25, 0.3) is 0 Å². The van der Waals surface area contributed by atoms with E-state index < -0.39 is 0 Å². The Hall–Kier alpha value is -1.10. The Morgan fingerprint density at radius 1 is 1.30 bits per heavy atom. The third-order valence-corrected chi connectivity index (χ3v) is 5.06. The molecule has 2 N–H and O–H groups in total. The molecule has 0 aliphatic carbocycles. The van der Waals surface area contributed by atoms with Crippen LogP contribution < -0.4 is 10.2 Å². The highest BCUT2D eigenvalue weighted by molar-refractivity contribution is 5.29. The largest absolute Gasteiger partial charge is 0.340 e. The quantitative estimate of drug-likeness (QED) is 0.886. The molecule has 3 heterocycles. The fraction of sp³-hybridized carbons (Fsp3) is 0.867. The second-order valence-corrected chi connectivity index (χ2v) is 6.36. The molecule has 1 aromatic heterocycles. The fourth-order valence-electron chi connectivity index (χ4n) is 3.44. The summed E-state index contributed by atoms with van der Waals surface area (Å²) in [6.07, 6.45) is 6.35. The smallest absolute Gasteiger partial charge is 0.244 e. The molecule has 5 heteroatoms. The number of nitrogens with one attached hydrogen (secondary N) is 2. The first-order valence-electron chi connectivity index (χ1n) is 8.18. The highest BCUT2D eigenvalue weighted by Gasteiger charge is 2.29. The van der Waals surface area contributed by atoms with Gasteiger partial charge in [0.2, 0.25) is 5.95 Å². The van der Waals surface area contributed by atoms with Crippen LogP contribution in [0.2, 0.25) is 0 Å². The van der Waals surface area contributed by atoms with Crippen LogP contribution >= 0.6 is 0 Å². The van der Waals surface area contributed by atoms with Gasteiger partial charge in [-0.15, -0.1) is 5.10 Å². The number of H-pyrrole nitrogens is 1. The van der Waals surface area contributed by atoms with Crippen LogP contribution in [0.1, 0.15) is 57.7 Å². The van der Waals surface area contributed by atoms with E-state index in [4.69, 9.17) is 0 Å². The molecule has 2 aliphatic heterocycles. The molecule has 0 spiro atoms. The molecule has 2 atom stereocenters. The highest BCUT2D eigenvalue weighted by Crippen LogP contribution is 2.27. The molecule has 2 fully saturated rings. The standard InChI is InChI=1S/C15H27N5/c1-3-11(2)14-17-15(19-18-14)20-9-6-12(7-10-20)13-5-4-8-16-13/h11-13,16H,3-10H2,1-2H3,(H,17,18,19). The molecule has 5 nitrogen and oxygen atoms in total. The summed E-state index contributed by atoms with van der Waals surface area (Å²) in [5.74, 6) is 3.25. The van der Waals surface area contributed by atoms with Crippen LogP contribution in [0.5, 0.6) is 0 Å². The Morgan fingerprint density at radius 2 is 2.10 bits per heavy atom. The lowest BCUT2D eigenvalue weighted by atomic mass is 9.89. The molecule has 2 saturated heterocycles. The minimum Gasteiger partial charge on any atom is -0.340 e.